The monoisotopic (exact) mass is 260 g/mol. The largest absolute Gasteiger partial charge is 0.465 e. The molecule has 0 fully saturated rings. The Morgan fingerprint density at radius 3 is 2.53 bits per heavy atom. The number of carbonyl (C=O) groups excluding carboxylic acids is 1. The maximum atomic E-state index is 11.3. The Labute approximate surface area is 114 Å². The smallest absolute Gasteiger partial charge is 0.337 e. The molecule has 0 saturated carbocycles. The van der Waals surface area contributed by atoms with Gasteiger partial charge in [-0.3, -0.25) is 4.90 Å². The first-order chi connectivity index (χ1) is 9.10. The Kier molecular flexibility index (Phi) is 6.04. The zero-order chi connectivity index (χ0) is 14.3. The number of nitriles is 1. The van der Waals surface area contributed by atoms with Crippen LogP contribution >= 0.6 is 0 Å². The highest BCUT2D eigenvalue weighted by Crippen LogP contribution is 2.10. The molecular formula is C15H20N2O2. The number of rotatable bonds is 6. The number of carbonyl (C=O) groups is 1. The van der Waals surface area contributed by atoms with Crippen LogP contribution in [0.1, 0.15) is 29.8 Å². The molecule has 0 saturated heterocycles. The summed E-state index contributed by atoms with van der Waals surface area (Å²) >= 11 is 0. The first-order valence-electron chi connectivity index (χ1n) is 6.40. The van der Waals surface area contributed by atoms with Crippen molar-refractivity contribution >= 4 is 5.97 Å². The van der Waals surface area contributed by atoms with Crippen molar-refractivity contribution in [3.63, 3.8) is 0 Å². The summed E-state index contributed by atoms with van der Waals surface area (Å²) in [6.07, 6.45) is 0. The highest BCUT2D eigenvalue weighted by molar-refractivity contribution is 5.89. The van der Waals surface area contributed by atoms with Gasteiger partial charge in [-0.1, -0.05) is 19.1 Å². The lowest BCUT2D eigenvalue weighted by Gasteiger charge is -2.21. The van der Waals surface area contributed by atoms with Crippen molar-refractivity contribution < 1.29 is 9.53 Å². The van der Waals surface area contributed by atoms with Crippen LogP contribution in [-0.4, -0.2) is 31.1 Å². The van der Waals surface area contributed by atoms with E-state index in [4.69, 9.17) is 5.26 Å². The molecule has 1 atom stereocenters. The van der Waals surface area contributed by atoms with Crippen molar-refractivity contribution in [2.75, 3.05) is 20.2 Å². The quantitative estimate of drug-likeness (QED) is 0.737. The predicted molar refractivity (Wildman–Crippen MR) is 73.5 cm³/mol. The van der Waals surface area contributed by atoms with Gasteiger partial charge in [-0.25, -0.2) is 4.79 Å². The average Bonchev–Trinajstić information content (AvgIpc) is 2.46. The molecule has 102 valence electrons. The highest BCUT2D eigenvalue weighted by atomic mass is 16.5. The minimum atomic E-state index is -0.322. The van der Waals surface area contributed by atoms with E-state index in [0.29, 0.717) is 5.56 Å². The van der Waals surface area contributed by atoms with Crippen LogP contribution in [0.3, 0.4) is 0 Å². The van der Waals surface area contributed by atoms with E-state index in [9.17, 15) is 4.79 Å². The lowest BCUT2D eigenvalue weighted by atomic mass is 10.1. The molecule has 4 nitrogen and oxygen atoms in total. The van der Waals surface area contributed by atoms with Crippen molar-refractivity contribution in [2.24, 2.45) is 5.92 Å². The minimum absolute atomic E-state index is 0.0225. The van der Waals surface area contributed by atoms with Gasteiger partial charge in [-0.15, -0.1) is 0 Å². The van der Waals surface area contributed by atoms with Crippen LogP contribution in [0.15, 0.2) is 24.3 Å². The van der Waals surface area contributed by atoms with Gasteiger partial charge in [0.2, 0.25) is 0 Å². The molecule has 0 amide bonds. The summed E-state index contributed by atoms with van der Waals surface area (Å²) in [7, 11) is 1.37. The molecule has 1 aromatic rings. The number of benzene rings is 1. The molecule has 0 aliphatic rings. The molecule has 0 heterocycles. The van der Waals surface area contributed by atoms with E-state index in [1.165, 1.54) is 7.11 Å². The van der Waals surface area contributed by atoms with Crippen LogP contribution in [0, 0.1) is 17.2 Å². The second-order valence-corrected chi connectivity index (χ2v) is 4.55. The first kappa shape index (κ1) is 15.2. The van der Waals surface area contributed by atoms with Gasteiger partial charge in [-0.05, 0) is 31.2 Å². The van der Waals surface area contributed by atoms with E-state index in [1.807, 2.05) is 19.1 Å². The number of nitrogens with zero attached hydrogens (tertiary/aromatic N) is 2. The molecule has 4 heteroatoms. The van der Waals surface area contributed by atoms with Gasteiger partial charge in [0.1, 0.15) is 0 Å². The summed E-state index contributed by atoms with van der Waals surface area (Å²) in [6, 6.07) is 9.62. The summed E-state index contributed by atoms with van der Waals surface area (Å²) in [6.45, 7) is 6.43. The molecule has 0 bridgehead atoms. The van der Waals surface area contributed by atoms with Crippen molar-refractivity contribution in [1.29, 1.82) is 5.26 Å². The second-order valence-electron chi connectivity index (χ2n) is 4.55. The lowest BCUT2D eigenvalue weighted by Crippen LogP contribution is -2.27. The Bertz CT molecular complexity index is 448. The number of hydrogen-bond donors (Lipinski definition) is 0. The average molecular weight is 260 g/mol. The Hall–Kier alpha value is -1.86. The molecule has 1 aromatic carbocycles. The number of methoxy groups -OCH3 is 1. The van der Waals surface area contributed by atoms with Crippen molar-refractivity contribution in [1.82, 2.24) is 4.90 Å². The van der Waals surface area contributed by atoms with Crippen molar-refractivity contribution in [2.45, 2.75) is 20.4 Å². The molecule has 0 aliphatic heterocycles. The summed E-state index contributed by atoms with van der Waals surface area (Å²) in [5, 5.41) is 8.84. The summed E-state index contributed by atoms with van der Waals surface area (Å²) in [5.74, 6) is -0.300. The first-order valence-corrected chi connectivity index (χ1v) is 6.40. The molecule has 0 aromatic heterocycles. The van der Waals surface area contributed by atoms with Gasteiger partial charge in [0.05, 0.1) is 24.7 Å². The van der Waals surface area contributed by atoms with E-state index in [0.717, 1.165) is 25.2 Å². The maximum Gasteiger partial charge on any atom is 0.337 e. The van der Waals surface area contributed by atoms with Crippen LogP contribution in [0.5, 0.6) is 0 Å². The molecule has 0 radical (unpaired) electrons. The second kappa shape index (κ2) is 7.55. The third-order valence-electron chi connectivity index (χ3n) is 2.98. The fourth-order valence-electron chi connectivity index (χ4n) is 1.86. The van der Waals surface area contributed by atoms with Crippen LogP contribution < -0.4 is 0 Å². The SMILES string of the molecule is CCN(Cc1ccc(C(=O)OC)cc1)CC(C)C#N. The molecule has 0 N–H and O–H groups in total. The van der Waals surface area contributed by atoms with Gasteiger partial charge >= 0.3 is 5.97 Å². The number of ether oxygens (including phenoxy) is 1. The summed E-state index contributed by atoms with van der Waals surface area (Å²) in [5.41, 5.74) is 1.68. The van der Waals surface area contributed by atoms with Gasteiger partial charge in [0, 0.05) is 13.1 Å². The number of esters is 1. The minimum Gasteiger partial charge on any atom is -0.465 e. The fraction of sp³-hybridized carbons (Fsp3) is 0.467. The molecular weight excluding hydrogens is 240 g/mol. The van der Waals surface area contributed by atoms with Crippen LogP contribution in [-0.2, 0) is 11.3 Å². The Morgan fingerprint density at radius 1 is 1.42 bits per heavy atom. The van der Waals surface area contributed by atoms with Gasteiger partial charge in [-0.2, -0.15) is 5.26 Å². The third-order valence-corrected chi connectivity index (χ3v) is 2.98. The zero-order valence-corrected chi connectivity index (χ0v) is 11.7. The normalized spacial score (nSPS) is 11.9. The van der Waals surface area contributed by atoms with Gasteiger partial charge in [0.25, 0.3) is 0 Å². The Balaban J connectivity index is 2.66. The Morgan fingerprint density at radius 2 is 2.05 bits per heavy atom. The van der Waals surface area contributed by atoms with Crippen LogP contribution in [0.25, 0.3) is 0 Å². The topological polar surface area (TPSA) is 53.3 Å². The maximum absolute atomic E-state index is 11.3. The summed E-state index contributed by atoms with van der Waals surface area (Å²) in [4.78, 5) is 13.5. The van der Waals surface area contributed by atoms with E-state index < -0.39 is 0 Å². The van der Waals surface area contributed by atoms with E-state index in [-0.39, 0.29) is 11.9 Å². The summed E-state index contributed by atoms with van der Waals surface area (Å²) < 4.78 is 4.66. The van der Waals surface area contributed by atoms with Crippen molar-refractivity contribution in [3.8, 4) is 6.07 Å². The standard InChI is InChI=1S/C15H20N2O2/c1-4-17(10-12(2)9-16)11-13-5-7-14(8-6-13)15(18)19-3/h5-8,12H,4,10-11H2,1-3H3. The molecule has 0 spiro atoms. The van der Waals surface area contributed by atoms with Crippen molar-refractivity contribution in [3.05, 3.63) is 35.4 Å². The fourth-order valence-corrected chi connectivity index (χ4v) is 1.86. The van der Waals surface area contributed by atoms with E-state index in [1.54, 1.807) is 12.1 Å². The molecule has 1 rings (SSSR count). The molecule has 0 aliphatic carbocycles. The zero-order valence-electron chi connectivity index (χ0n) is 11.7. The number of hydrogen-bond acceptors (Lipinski definition) is 4. The van der Waals surface area contributed by atoms with E-state index >= 15 is 0 Å². The third kappa shape index (κ3) is 4.72. The van der Waals surface area contributed by atoms with Crippen LogP contribution in [0.4, 0.5) is 0 Å². The van der Waals surface area contributed by atoms with Crippen LogP contribution in [0.2, 0.25) is 0 Å². The van der Waals surface area contributed by atoms with E-state index in [2.05, 4.69) is 22.6 Å². The van der Waals surface area contributed by atoms with Gasteiger partial charge in [0.15, 0.2) is 0 Å². The predicted octanol–water partition coefficient (Wildman–Crippen LogP) is 2.45. The lowest BCUT2D eigenvalue weighted by molar-refractivity contribution is 0.0600. The van der Waals surface area contributed by atoms with Gasteiger partial charge < -0.3 is 4.74 Å². The molecule has 19 heavy (non-hydrogen) atoms. The highest BCUT2D eigenvalue weighted by Gasteiger charge is 2.09. The molecule has 1 unspecified atom stereocenters.